The second-order valence-corrected chi connectivity index (χ2v) is 0.866. The summed E-state index contributed by atoms with van der Waals surface area (Å²) in [6, 6.07) is 0. The number of halogens is 1. The molecule has 0 fully saturated rings. The van der Waals surface area contributed by atoms with Crippen LogP contribution in [0.4, 0.5) is 0 Å². The number of rotatable bonds is 0. The van der Waals surface area contributed by atoms with Crippen molar-refractivity contribution in [3.05, 3.63) is 12.1 Å². The van der Waals surface area contributed by atoms with Crippen molar-refractivity contribution in [1.29, 1.82) is 0 Å². The molecule has 0 unspecified atom stereocenters. The summed E-state index contributed by atoms with van der Waals surface area (Å²) < 4.78 is 0. The summed E-state index contributed by atoms with van der Waals surface area (Å²) >= 11 is 4.19. The van der Waals surface area contributed by atoms with E-state index in [0.29, 0.717) is 0 Å². The van der Waals surface area contributed by atoms with Crippen molar-refractivity contribution in [2.75, 3.05) is 6.26 Å². The Hall–Kier alpha value is 1.93. The molecule has 0 saturated carbocycles. The van der Waals surface area contributed by atoms with Gasteiger partial charge >= 0.3 is 32.7 Å². The maximum Gasteiger partial charge on any atom is 3.00 e. The van der Waals surface area contributed by atoms with Crippen molar-refractivity contribution in [1.82, 2.24) is 0 Å². The van der Waals surface area contributed by atoms with Crippen LogP contribution in [0.3, 0.4) is 0 Å². The Bertz CT molecular complexity index is 10.8. The van der Waals surface area contributed by atoms with Crippen molar-refractivity contribution in [3.8, 4) is 0 Å². The molecule has 0 aliphatic heterocycles. The molecule has 0 aromatic carbocycles. The third-order valence-corrected chi connectivity index (χ3v) is 0. The SMILES string of the molecule is [CH2-]Br.[CH2-]SC.[Y+3]. The molecular formula is C3H7BrSY+. The normalized spacial score (nSPS) is 4.00. The average Bonchev–Trinajstić information content (AvgIpc) is 1.46. The molecule has 0 aliphatic rings. The fourth-order valence-electron chi connectivity index (χ4n) is 0. The summed E-state index contributed by atoms with van der Waals surface area (Å²) in [6.45, 7) is 0. The molecule has 0 saturated heterocycles. The van der Waals surface area contributed by atoms with E-state index in [1.54, 1.807) is 0 Å². The van der Waals surface area contributed by atoms with E-state index in [-0.39, 0.29) is 32.7 Å². The van der Waals surface area contributed by atoms with Gasteiger partial charge in [0.15, 0.2) is 0 Å². The largest absolute Gasteiger partial charge is 3.00 e. The fourth-order valence-corrected chi connectivity index (χ4v) is 0. The standard InChI is InChI=1S/C2H5S.CH2Br.Y/c1-3-2;1-2;/h1H2,2H3;1H2;/q2*-1;+3. The van der Waals surface area contributed by atoms with E-state index in [9.17, 15) is 0 Å². The maximum atomic E-state index is 3.40. The van der Waals surface area contributed by atoms with E-state index >= 15 is 0 Å². The summed E-state index contributed by atoms with van der Waals surface area (Å²) in [6.07, 6.45) is 5.33. The zero-order valence-electron chi connectivity index (χ0n) is 3.78. The minimum Gasteiger partial charge on any atom is -0.357 e. The van der Waals surface area contributed by atoms with Crippen LogP contribution in [0, 0.1) is 12.1 Å². The van der Waals surface area contributed by atoms with Crippen molar-refractivity contribution in [3.63, 3.8) is 0 Å². The van der Waals surface area contributed by atoms with Crippen LogP contribution in [0.2, 0.25) is 0 Å². The first-order chi connectivity index (χ1) is 2.41. The van der Waals surface area contributed by atoms with Crippen molar-refractivity contribution in [2.24, 2.45) is 0 Å². The molecule has 0 N–H and O–H groups in total. The van der Waals surface area contributed by atoms with Crippen molar-refractivity contribution < 1.29 is 32.7 Å². The topological polar surface area (TPSA) is 0 Å². The van der Waals surface area contributed by atoms with E-state index in [0.717, 1.165) is 0 Å². The molecule has 0 aromatic heterocycles. The second-order valence-electron chi connectivity index (χ2n) is 0.289. The zero-order chi connectivity index (χ0) is 4.71. The van der Waals surface area contributed by atoms with Crippen LogP contribution < -0.4 is 0 Å². The van der Waals surface area contributed by atoms with Gasteiger partial charge in [-0.15, -0.1) is 0 Å². The Morgan fingerprint density at radius 3 is 1.50 bits per heavy atom. The predicted octanol–water partition coefficient (Wildman–Crippen LogP) is 2.31. The maximum absolute atomic E-state index is 3.40. The van der Waals surface area contributed by atoms with Gasteiger partial charge in [-0.1, -0.05) is 0 Å². The first-order valence-corrected chi connectivity index (χ1v) is 3.48. The summed E-state index contributed by atoms with van der Waals surface area (Å²) in [5.74, 6) is 3.06. The first kappa shape index (κ1) is 15.7. The van der Waals surface area contributed by atoms with Gasteiger partial charge in [-0.2, -0.15) is 0 Å². The number of thioether (sulfide) groups is 1. The minimum absolute atomic E-state index is 0. The predicted molar refractivity (Wildman–Crippen MR) is 33.2 cm³/mol. The molecular weight excluding hydrogens is 237 g/mol. The Kier molecular flexibility index (Phi) is 74.1. The zero-order valence-corrected chi connectivity index (χ0v) is 9.02. The molecule has 0 heterocycles. The molecule has 0 aliphatic carbocycles. The van der Waals surface area contributed by atoms with Crippen LogP contribution in [-0.4, -0.2) is 6.26 Å². The average molecular weight is 244 g/mol. The van der Waals surface area contributed by atoms with E-state index in [1.165, 1.54) is 11.8 Å². The van der Waals surface area contributed by atoms with Gasteiger partial charge in [0.05, 0.1) is 0 Å². The van der Waals surface area contributed by atoms with Crippen LogP contribution in [-0.2, 0) is 32.7 Å². The number of hydrogen-bond acceptors (Lipinski definition) is 1. The molecule has 0 rings (SSSR count). The van der Waals surface area contributed by atoms with Gasteiger partial charge in [-0.25, -0.2) is 0 Å². The molecule has 0 aromatic rings. The van der Waals surface area contributed by atoms with Crippen LogP contribution >= 0.6 is 27.7 Å². The molecule has 6 heavy (non-hydrogen) atoms. The first-order valence-electron chi connectivity index (χ1n) is 0.964. The van der Waals surface area contributed by atoms with Gasteiger partial charge in [0.1, 0.15) is 0 Å². The minimum atomic E-state index is 0. The molecule has 3 heteroatoms. The number of hydrogen-bond donors (Lipinski definition) is 0. The molecule has 0 atom stereocenters. The molecule has 0 spiro atoms. The summed E-state index contributed by atoms with van der Waals surface area (Å²) in [4.78, 5) is 0. The molecule has 34 valence electrons. The van der Waals surface area contributed by atoms with E-state index in [1.807, 2.05) is 6.26 Å². The molecule has 0 bridgehead atoms. The molecule has 0 radical (unpaired) electrons. The van der Waals surface area contributed by atoms with Crippen molar-refractivity contribution in [2.45, 2.75) is 0 Å². The second kappa shape index (κ2) is 28.4. The third kappa shape index (κ3) is 38.6. The Morgan fingerprint density at radius 1 is 1.50 bits per heavy atom. The smallest absolute Gasteiger partial charge is 0.357 e. The van der Waals surface area contributed by atoms with Gasteiger partial charge < -0.3 is 27.7 Å². The van der Waals surface area contributed by atoms with Gasteiger partial charge in [0.25, 0.3) is 0 Å². The van der Waals surface area contributed by atoms with Crippen LogP contribution in [0.1, 0.15) is 0 Å². The van der Waals surface area contributed by atoms with E-state index in [2.05, 4.69) is 28.0 Å². The summed E-state index contributed by atoms with van der Waals surface area (Å²) in [5.41, 5.74) is 0. The van der Waals surface area contributed by atoms with E-state index in [4.69, 9.17) is 0 Å². The summed E-state index contributed by atoms with van der Waals surface area (Å²) in [7, 11) is 0. The van der Waals surface area contributed by atoms with Gasteiger partial charge in [-0.05, 0) is 6.26 Å². The van der Waals surface area contributed by atoms with Crippen LogP contribution in [0.25, 0.3) is 0 Å². The monoisotopic (exact) mass is 243 g/mol. The quantitative estimate of drug-likeness (QED) is 0.589. The Balaban J connectivity index is -0.0000000275. The summed E-state index contributed by atoms with van der Waals surface area (Å²) in [5, 5.41) is 0. The Morgan fingerprint density at radius 2 is 1.50 bits per heavy atom. The van der Waals surface area contributed by atoms with Gasteiger partial charge in [0.2, 0.25) is 0 Å². The van der Waals surface area contributed by atoms with Crippen LogP contribution in [0.15, 0.2) is 0 Å². The van der Waals surface area contributed by atoms with E-state index < -0.39 is 0 Å². The van der Waals surface area contributed by atoms with Crippen LogP contribution in [0.5, 0.6) is 0 Å². The molecule has 0 amide bonds. The van der Waals surface area contributed by atoms with Gasteiger partial charge in [-0.3, -0.25) is 12.1 Å². The fraction of sp³-hybridized carbons (Fsp3) is 0.333. The molecule has 0 nitrogen and oxygen atoms in total. The van der Waals surface area contributed by atoms with Crippen molar-refractivity contribution >= 4 is 27.7 Å². The van der Waals surface area contributed by atoms with Gasteiger partial charge in [0, 0.05) is 0 Å². The third-order valence-electron chi connectivity index (χ3n) is 0. The Labute approximate surface area is 77.8 Å².